The van der Waals surface area contributed by atoms with Gasteiger partial charge in [-0.15, -0.1) is 0 Å². The number of esters is 1. The molecule has 1 aliphatic rings. The number of carbonyl (C=O) groups excluding carboxylic acids is 2. The van der Waals surface area contributed by atoms with Crippen LogP contribution >= 0.6 is 0 Å². The van der Waals surface area contributed by atoms with E-state index in [0.29, 0.717) is 19.4 Å². The number of aliphatic hydroxyl groups excluding tert-OH is 2. The topological polar surface area (TPSA) is 215 Å². The molecule has 6 atom stereocenters. The molecule has 0 aromatic carbocycles. The molecular formula is C17H31N3O9. The second-order valence-corrected chi connectivity index (χ2v) is 7.18. The van der Waals surface area contributed by atoms with E-state index in [1.54, 1.807) is 0 Å². The lowest BCUT2D eigenvalue weighted by molar-refractivity contribution is -0.287. The second-order valence-electron chi connectivity index (χ2n) is 7.18. The summed E-state index contributed by atoms with van der Waals surface area (Å²) in [5.41, 5.74) is 11.0. The summed E-state index contributed by atoms with van der Waals surface area (Å²) in [4.78, 5) is 34.3. The van der Waals surface area contributed by atoms with Crippen LogP contribution in [0.4, 0.5) is 0 Å². The first-order valence-corrected chi connectivity index (χ1v) is 9.36. The van der Waals surface area contributed by atoms with Gasteiger partial charge in [-0.2, -0.15) is 0 Å². The van der Waals surface area contributed by atoms with Crippen molar-refractivity contribution in [3.8, 4) is 0 Å². The molecule has 4 unspecified atom stereocenters. The minimum atomic E-state index is -2.64. The third kappa shape index (κ3) is 7.84. The number of nitrogens with one attached hydrogen (secondary N) is 1. The standard InChI is InChI=1S/C17H31N3O9/c1-9(21)20-7-11-13(23)6-17(27,16(25)26)29-14(11)5-10(22)8-28-15(24)12(19)3-2-4-18/h10-14,22-23,27H,2-8,18-19H2,1H3,(H,20,21)(H,25,26)/t10-,11?,12+,13?,14?,17?/m0/s1. The van der Waals surface area contributed by atoms with E-state index in [1.165, 1.54) is 6.92 Å². The molecule has 0 aliphatic carbocycles. The lowest BCUT2D eigenvalue weighted by Gasteiger charge is -2.43. The summed E-state index contributed by atoms with van der Waals surface area (Å²) in [6, 6.07) is -0.886. The van der Waals surface area contributed by atoms with Gasteiger partial charge in [-0.25, -0.2) is 4.79 Å². The van der Waals surface area contributed by atoms with Gasteiger partial charge in [0.1, 0.15) is 12.6 Å². The van der Waals surface area contributed by atoms with Gasteiger partial charge in [0.2, 0.25) is 5.91 Å². The molecule has 12 nitrogen and oxygen atoms in total. The van der Waals surface area contributed by atoms with E-state index in [1.807, 2.05) is 0 Å². The van der Waals surface area contributed by atoms with Crippen molar-refractivity contribution in [2.24, 2.45) is 17.4 Å². The van der Waals surface area contributed by atoms with E-state index in [2.05, 4.69) is 5.32 Å². The molecule has 1 heterocycles. The molecule has 0 radical (unpaired) electrons. The Morgan fingerprint density at radius 1 is 1.38 bits per heavy atom. The van der Waals surface area contributed by atoms with Crippen molar-refractivity contribution in [2.75, 3.05) is 19.7 Å². The van der Waals surface area contributed by atoms with Crippen LogP contribution in [0.3, 0.4) is 0 Å². The predicted octanol–water partition coefficient (Wildman–Crippen LogP) is -2.98. The summed E-state index contributed by atoms with van der Waals surface area (Å²) in [6.07, 6.45) is -3.74. The molecule has 1 rings (SSSR count). The monoisotopic (exact) mass is 421 g/mol. The summed E-state index contributed by atoms with van der Waals surface area (Å²) in [5.74, 6) is -6.23. The summed E-state index contributed by atoms with van der Waals surface area (Å²) in [7, 11) is 0. The van der Waals surface area contributed by atoms with Crippen LogP contribution in [0, 0.1) is 5.92 Å². The number of carbonyl (C=O) groups is 3. The third-order valence-corrected chi connectivity index (χ3v) is 4.67. The SMILES string of the molecule is CC(=O)NCC1C(O)CC(O)(C(=O)O)OC1C[C@H](O)COC(=O)[C@H](N)CCCN. The van der Waals surface area contributed by atoms with E-state index >= 15 is 0 Å². The molecule has 0 aromatic rings. The van der Waals surface area contributed by atoms with Crippen LogP contribution in [-0.2, 0) is 23.9 Å². The minimum Gasteiger partial charge on any atom is -0.477 e. The van der Waals surface area contributed by atoms with Gasteiger partial charge in [-0.05, 0) is 19.4 Å². The van der Waals surface area contributed by atoms with Crippen molar-refractivity contribution in [1.82, 2.24) is 5.32 Å². The lowest BCUT2D eigenvalue weighted by atomic mass is 9.84. The number of rotatable bonds is 11. The van der Waals surface area contributed by atoms with Crippen LogP contribution in [0.2, 0.25) is 0 Å². The molecule has 0 spiro atoms. The molecule has 1 aliphatic heterocycles. The van der Waals surface area contributed by atoms with E-state index in [0.717, 1.165) is 0 Å². The smallest absolute Gasteiger partial charge is 0.364 e. The number of nitrogens with two attached hydrogens (primary N) is 2. The maximum atomic E-state index is 11.8. The fourth-order valence-electron chi connectivity index (χ4n) is 3.04. The maximum Gasteiger partial charge on any atom is 0.364 e. The van der Waals surface area contributed by atoms with E-state index in [-0.39, 0.29) is 18.9 Å². The van der Waals surface area contributed by atoms with Crippen molar-refractivity contribution < 1.29 is 44.3 Å². The highest BCUT2D eigenvalue weighted by Gasteiger charge is 2.50. The highest BCUT2D eigenvalue weighted by Crippen LogP contribution is 2.33. The Morgan fingerprint density at radius 2 is 2.03 bits per heavy atom. The van der Waals surface area contributed by atoms with Gasteiger partial charge in [0.25, 0.3) is 5.79 Å². The Kier molecular flexibility index (Phi) is 9.89. The summed E-state index contributed by atoms with van der Waals surface area (Å²) < 4.78 is 10.2. The molecule has 1 fully saturated rings. The molecule has 0 saturated carbocycles. The van der Waals surface area contributed by atoms with Crippen LogP contribution in [0.15, 0.2) is 0 Å². The first-order valence-electron chi connectivity index (χ1n) is 9.36. The Morgan fingerprint density at radius 3 is 2.59 bits per heavy atom. The molecular weight excluding hydrogens is 390 g/mol. The largest absolute Gasteiger partial charge is 0.477 e. The maximum absolute atomic E-state index is 11.8. The normalized spacial score (nSPS) is 29.0. The van der Waals surface area contributed by atoms with E-state index < -0.39 is 61.0 Å². The number of ether oxygens (including phenoxy) is 2. The number of hydrogen-bond acceptors (Lipinski definition) is 10. The Balaban J connectivity index is 2.73. The van der Waals surface area contributed by atoms with E-state index in [9.17, 15) is 29.7 Å². The zero-order chi connectivity index (χ0) is 22.2. The number of aliphatic hydroxyl groups is 3. The lowest BCUT2D eigenvalue weighted by Crippen LogP contribution is -2.58. The summed E-state index contributed by atoms with van der Waals surface area (Å²) in [6.45, 7) is 1.13. The molecule has 1 amide bonds. The van der Waals surface area contributed by atoms with E-state index in [4.69, 9.17) is 26.0 Å². The van der Waals surface area contributed by atoms with Crippen LogP contribution in [0.5, 0.6) is 0 Å². The average molecular weight is 421 g/mol. The first-order chi connectivity index (χ1) is 13.5. The van der Waals surface area contributed by atoms with Crippen molar-refractivity contribution >= 4 is 17.8 Å². The second kappa shape index (κ2) is 11.4. The number of aliphatic carboxylic acids is 1. The van der Waals surface area contributed by atoms with Gasteiger partial charge in [0.05, 0.1) is 18.3 Å². The molecule has 1 saturated heterocycles. The zero-order valence-electron chi connectivity index (χ0n) is 16.3. The fraction of sp³-hybridized carbons (Fsp3) is 0.824. The van der Waals surface area contributed by atoms with Crippen LogP contribution in [0.25, 0.3) is 0 Å². The predicted molar refractivity (Wildman–Crippen MR) is 98.1 cm³/mol. The molecule has 12 heteroatoms. The molecule has 29 heavy (non-hydrogen) atoms. The van der Waals surface area contributed by atoms with Crippen molar-refractivity contribution in [3.05, 3.63) is 0 Å². The first kappa shape index (κ1) is 25.2. The van der Waals surface area contributed by atoms with Crippen molar-refractivity contribution in [1.29, 1.82) is 0 Å². The molecule has 9 N–H and O–H groups in total. The highest BCUT2D eigenvalue weighted by molar-refractivity contribution is 5.76. The van der Waals surface area contributed by atoms with Gasteiger partial charge >= 0.3 is 11.9 Å². The molecule has 168 valence electrons. The highest BCUT2D eigenvalue weighted by atomic mass is 16.7. The number of carboxylic acids is 1. The quantitative estimate of drug-likeness (QED) is 0.167. The summed E-state index contributed by atoms with van der Waals surface area (Å²) >= 11 is 0. The van der Waals surface area contributed by atoms with Crippen molar-refractivity contribution in [3.63, 3.8) is 0 Å². The van der Waals surface area contributed by atoms with Crippen LogP contribution in [0.1, 0.15) is 32.6 Å². The van der Waals surface area contributed by atoms with Gasteiger partial charge in [-0.3, -0.25) is 9.59 Å². The summed E-state index contributed by atoms with van der Waals surface area (Å²) in [5, 5.41) is 42.2. The Hall–Kier alpha value is -1.83. The van der Waals surface area contributed by atoms with Crippen molar-refractivity contribution in [2.45, 2.75) is 62.7 Å². The Bertz CT molecular complexity index is 576. The fourth-order valence-corrected chi connectivity index (χ4v) is 3.04. The number of carboxylic acid groups (broad SMARTS) is 1. The van der Waals surface area contributed by atoms with Crippen LogP contribution < -0.4 is 16.8 Å². The molecule has 0 aromatic heterocycles. The number of hydrogen-bond donors (Lipinski definition) is 7. The van der Waals surface area contributed by atoms with Gasteiger partial charge in [-0.1, -0.05) is 0 Å². The van der Waals surface area contributed by atoms with Gasteiger partial charge in [0, 0.05) is 32.2 Å². The van der Waals surface area contributed by atoms with Gasteiger partial charge < -0.3 is 46.7 Å². The number of amides is 1. The molecule has 0 bridgehead atoms. The third-order valence-electron chi connectivity index (χ3n) is 4.67. The van der Waals surface area contributed by atoms with Crippen LogP contribution in [-0.4, -0.2) is 88.1 Å². The average Bonchev–Trinajstić information content (AvgIpc) is 2.62. The Labute approximate surface area is 168 Å². The van der Waals surface area contributed by atoms with Gasteiger partial charge in [0.15, 0.2) is 0 Å². The zero-order valence-corrected chi connectivity index (χ0v) is 16.3. The minimum absolute atomic E-state index is 0.0622.